The van der Waals surface area contributed by atoms with Crippen molar-refractivity contribution in [2.75, 3.05) is 6.61 Å². The molecule has 2 nitrogen and oxygen atoms in total. The van der Waals surface area contributed by atoms with Gasteiger partial charge in [0.1, 0.15) is 23.1 Å². The Labute approximate surface area is 175 Å². The molecule has 5 heteroatoms. The standard InChI is InChI=1S/C24H23ClF2O2/c1-3-24(2,18-7-12-23(27)22(25)14-18)16-28-15-17-5-4-6-21(13-17)29-20-10-8-19(26)9-11-20/h4-14H,3,15-16H2,1-2H3. The molecule has 0 N–H and O–H groups in total. The third-order valence-electron chi connectivity index (χ3n) is 5.03. The van der Waals surface area contributed by atoms with E-state index in [0.717, 1.165) is 17.5 Å². The summed E-state index contributed by atoms with van der Waals surface area (Å²) in [6.45, 7) is 5.02. The number of halogens is 3. The maximum Gasteiger partial charge on any atom is 0.141 e. The van der Waals surface area contributed by atoms with Crippen molar-refractivity contribution in [2.45, 2.75) is 32.3 Å². The van der Waals surface area contributed by atoms with E-state index >= 15 is 0 Å². The highest BCUT2D eigenvalue weighted by atomic mass is 35.5. The number of hydrogen-bond donors (Lipinski definition) is 0. The average Bonchev–Trinajstić information content (AvgIpc) is 2.72. The molecule has 3 aromatic carbocycles. The monoisotopic (exact) mass is 416 g/mol. The maximum absolute atomic E-state index is 13.5. The summed E-state index contributed by atoms with van der Waals surface area (Å²) in [6.07, 6.45) is 0.822. The van der Waals surface area contributed by atoms with Crippen LogP contribution < -0.4 is 4.74 Å². The number of rotatable bonds is 8. The van der Waals surface area contributed by atoms with Crippen LogP contribution in [0.3, 0.4) is 0 Å². The second kappa shape index (κ2) is 9.38. The summed E-state index contributed by atoms with van der Waals surface area (Å²) >= 11 is 5.95. The molecule has 1 unspecified atom stereocenters. The molecule has 0 heterocycles. The lowest BCUT2D eigenvalue weighted by molar-refractivity contribution is 0.0747. The molecule has 0 bridgehead atoms. The van der Waals surface area contributed by atoms with Crippen LogP contribution in [0.2, 0.25) is 5.02 Å². The summed E-state index contributed by atoms with van der Waals surface area (Å²) in [7, 11) is 0. The van der Waals surface area contributed by atoms with Crippen LogP contribution in [0.25, 0.3) is 0 Å². The van der Waals surface area contributed by atoms with E-state index in [1.807, 2.05) is 24.3 Å². The van der Waals surface area contributed by atoms with Crippen molar-refractivity contribution in [3.63, 3.8) is 0 Å². The Kier molecular flexibility index (Phi) is 6.88. The van der Waals surface area contributed by atoms with E-state index in [0.29, 0.717) is 24.7 Å². The van der Waals surface area contributed by atoms with Gasteiger partial charge in [-0.25, -0.2) is 8.78 Å². The van der Waals surface area contributed by atoms with Crippen LogP contribution >= 0.6 is 11.6 Å². The lowest BCUT2D eigenvalue weighted by Crippen LogP contribution is -2.27. The highest BCUT2D eigenvalue weighted by molar-refractivity contribution is 6.30. The Morgan fingerprint density at radius 1 is 0.931 bits per heavy atom. The van der Waals surface area contributed by atoms with Crippen molar-refractivity contribution >= 4 is 11.6 Å². The van der Waals surface area contributed by atoms with Crippen molar-refractivity contribution in [1.82, 2.24) is 0 Å². The second-order valence-electron chi connectivity index (χ2n) is 7.24. The lowest BCUT2D eigenvalue weighted by Gasteiger charge is -2.29. The van der Waals surface area contributed by atoms with Crippen LogP contribution in [-0.4, -0.2) is 6.61 Å². The molecule has 0 aliphatic carbocycles. The zero-order valence-corrected chi connectivity index (χ0v) is 17.2. The lowest BCUT2D eigenvalue weighted by atomic mass is 9.81. The Morgan fingerprint density at radius 3 is 2.38 bits per heavy atom. The summed E-state index contributed by atoms with van der Waals surface area (Å²) in [6, 6.07) is 18.3. The molecule has 29 heavy (non-hydrogen) atoms. The van der Waals surface area contributed by atoms with Crippen LogP contribution in [-0.2, 0) is 16.8 Å². The fourth-order valence-electron chi connectivity index (χ4n) is 2.99. The Morgan fingerprint density at radius 2 is 1.69 bits per heavy atom. The molecule has 3 aromatic rings. The van der Waals surface area contributed by atoms with Crippen LogP contribution in [0.5, 0.6) is 11.5 Å². The summed E-state index contributed by atoms with van der Waals surface area (Å²) in [5.41, 5.74) is 1.62. The van der Waals surface area contributed by atoms with Crippen molar-refractivity contribution in [1.29, 1.82) is 0 Å². The maximum atomic E-state index is 13.5. The quantitative estimate of drug-likeness (QED) is 0.383. The van der Waals surface area contributed by atoms with Crippen LogP contribution in [0.4, 0.5) is 8.78 Å². The number of ether oxygens (including phenoxy) is 2. The van der Waals surface area contributed by atoms with Gasteiger partial charge in [0.25, 0.3) is 0 Å². The minimum Gasteiger partial charge on any atom is -0.457 e. The topological polar surface area (TPSA) is 18.5 Å². The van der Waals surface area contributed by atoms with Crippen LogP contribution in [0, 0.1) is 11.6 Å². The molecule has 0 aliphatic heterocycles. The van der Waals surface area contributed by atoms with E-state index in [2.05, 4.69) is 13.8 Å². The van der Waals surface area contributed by atoms with Crippen LogP contribution in [0.15, 0.2) is 66.7 Å². The molecule has 0 amide bonds. The summed E-state index contributed by atoms with van der Waals surface area (Å²) < 4.78 is 38.2. The molecule has 0 fully saturated rings. The largest absolute Gasteiger partial charge is 0.457 e. The highest BCUT2D eigenvalue weighted by Crippen LogP contribution is 2.31. The van der Waals surface area contributed by atoms with E-state index < -0.39 is 5.82 Å². The number of hydrogen-bond acceptors (Lipinski definition) is 2. The smallest absolute Gasteiger partial charge is 0.141 e. The SMILES string of the molecule is CCC(C)(COCc1cccc(Oc2ccc(F)cc2)c1)c1ccc(F)c(Cl)c1. The summed E-state index contributed by atoms with van der Waals surface area (Å²) in [4.78, 5) is 0. The van der Waals surface area contributed by atoms with Gasteiger partial charge in [-0.1, -0.05) is 43.6 Å². The first kappa shape index (κ1) is 21.3. The first-order valence-corrected chi connectivity index (χ1v) is 9.83. The van der Waals surface area contributed by atoms with E-state index in [-0.39, 0.29) is 16.3 Å². The second-order valence-corrected chi connectivity index (χ2v) is 7.65. The minimum absolute atomic E-state index is 0.118. The molecule has 152 valence electrons. The first-order valence-electron chi connectivity index (χ1n) is 9.45. The third kappa shape index (κ3) is 5.55. The van der Waals surface area contributed by atoms with Gasteiger partial charge >= 0.3 is 0 Å². The van der Waals surface area contributed by atoms with Gasteiger partial charge in [-0.15, -0.1) is 0 Å². The van der Waals surface area contributed by atoms with Gasteiger partial charge in [0.2, 0.25) is 0 Å². The van der Waals surface area contributed by atoms with E-state index in [9.17, 15) is 8.78 Å². The average molecular weight is 417 g/mol. The fourth-order valence-corrected chi connectivity index (χ4v) is 3.17. The molecule has 0 saturated carbocycles. The molecule has 0 aliphatic rings. The highest BCUT2D eigenvalue weighted by Gasteiger charge is 2.26. The van der Waals surface area contributed by atoms with Gasteiger partial charge in [0.05, 0.1) is 18.2 Å². The molecule has 1 atom stereocenters. The molecule has 0 spiro atoms. The number of benzene rings is 3. The van der Waals surface area contributed by atoms with Gasteiger partial charge < -0.3 is 9.47 Å². The fraction of sp³-hybridized carbons (Fsp3) is 0.250. The normalized spacial score (nSPS) is 13.1. The molecule has 0 aromatic heterocycles. The summed E-state index contributed by atoms with van der Waals surface area (Å²) in [5.74, 6) is 0.492. The van der Waals surface area contributed by atoms with Crippen molar-refractivity contribution in [2.24, 2.45) is 0 Å². The van der Waals surface area contributed by atoms with Gasteiger partial charge in [0, 0.05) is 5.41 Å². The van der Waals surface area contributed by atoms with Gasteiger partial charge in [-0.05, 0) is 66.1 Å². The van der Waals surface area contributed by atoms with E-state index in [4.69, 9.17) is 21.1 Å². The molecule has 0 saturated heterocycles. The van der Waals surface area contributed by atoms with Crippen molar-refractivity contribution in [3.8, 4) is 11.5 Å². The Balaban J connectivity index is 1.63. The molecule has 0 radical (unpaired) electrons. The summed E-state index contributed by atoms with van der Waals surface area (Å²) in [5, 5.41) is 0.118. The van der Waals surface area contributed by atoms with E-state index in [1.54, 1.807) is 24.3 Å². The Hall–Kier alpha value is -2.43. The zero-order valence-electron chi connectivity index (χ0n) is 16.4. The zero-order chi connectivity index (χ0) is 20.9. The Bertz CT molecular complexity index is 959. The van der Waals surface area contributed by atoms with Crippen molar-refractivity contribution < 1.29 is 18.3 Å². The predicted molar refractivity (Wildman–Crippen MR) is 112 cm³/mol. The van der Waals surface area contributed by atoms with Gasteiger partial charge in [0.15, 0.2) is 0 Å². The predicted octanol–water partition coefficient (Wildman–Crippen LogP) is 7.30. The van der Waals surface area contributed by atoms with Crippen molar-refractivity contribution in [3.05, 3.63) is 94.5 Å². The molecular weight excluding hydrogens is 394 g/mol. The minimum atomic E-state index is -0.423. The molecule has 3 rings (SSSR count). The van der Waals surface area contributed by atoms with Gasteiger partial charge in [-0.2, -0.15) is 0 Å². The molecular formula is C24H23ClF2O2. The third-order valence-corrected chi connectivity index (χ3v) is 5.32. The van der Waals surface area contributed by atoms with Gasteiger partial charge in [-0.3, -0.25) is 0 Å². The van der Waals surface area contributed by atoms with E-state index in [1.165, 1.54) is 18.2 Å². The first-order chi connectivity index (χ1) is 13.9. The van der Waals surface area contributed by atoms with Crippen LogP contribution in [0.1, 0.15) is 31.4 Å².